The molecule has 0 saturated carbocycles. The molecule has 1 rings (SSSR count). The van der Waals surface area contributed by atoms with Gasteiger partial charge in [0.1, 0.15) is 10.7 Å². The maximum absolute atomic E-state index is 10.8. The number of nitro groups is 1. The molecule has 1 N–H and O–H groups in total. The minimum absolute atomic E-state index is 0.0604. The summed E-state index contributed by atoms with van der Waals surface area (Å²) in [7, 11) is 0. The van der Waals surface area contributed by atoms with Gasteiger partial charge in [-0.1, -0.05) is 6.92 Å². The molecule has 0 bridgehead atoms. The van der Waals surface area contributed by atoms with Crippen LogP contribution in [0.5, 0.6) is 0 Å². The largest absolute Gasteiger partial charge is 0.480 e. The summed E-state index contributed by atoms with van der Waals surface area (Å²) in [5.41, 5.74) is 0. The van der Waals surface area contributed by atoms with Gasteiger partial charge in [0.15, 0.2) is 0 Å². The molecule has 100 valence electrons. The lowest BCUT2D eigenvalue weighted by molar-refractivity contribution is -0.402. The fourth-order valence-electron chi connectivity index (χ4n) is 1.55. The molecule has 0 fully saturated rings. The van der Waals surface area contributed by atoms with Crippen molar-refractivity contribution in [1.29, 1.82) is 0 Å². The molecule has 0 saturated heterocycles. The molecule has 0 amide bonds. The Morgan fingerprint density at radius 3 is 2.72 bits per heavy atom. The number of rotatable bonds is 7. The quantitative estimate of drug-likeness (QED) is 0.590. The van der Waals surface area contributed by atoms with Gasteiger partial charge in [0.05, 0.1) is 19.2 Å². The molecule has 0 aromatic carbocycles. The minimum atomic E-state index is -0.934. The van der Waals surface area contributed by atoms with Crippen LogP contribution in [0.4, 0.5) is 5.88 Å². The first-order valence-electron chi connectivity index (χ1n) is 5.63. The van der Waals surface area contributed by atoms with E-state index in [1.54, 1.807) is 4.90 Å². The molecule has 0 aliphatic carbocycles. The van der Waals surface area contributed by atoms with E-state index < -0.39 is 10.9 Å². The number of hydrogen-bond donors (Lipinski definition) is 1. The van der Waals surface area contributed by atoms with Crippen LogP contribution in [0.2, 0.25) is 0 Å². The number of aliphatic carboxylic acids is 1. The van der Waals surface area contributed by atoms with Crippen LogP contribution in [0.15, 0.2) is 16.5 Å². The number of nitrogens with zero attached hydrogens (tertiary/aromatic N) is 2. The van der Waals surface area contributed by atoms with E-state index in [1.165, 1.54) is 12.1 Å². The van der Waals surface area contributed by atoms with E-state index in [0.717, 1.165) is 6.42 Å². The first-order valence-corrected chi connectivity index (χ1v) is 5.63. The zero-order valence-electron chi connectivity index (χ0n) is 10.3. The van der Waals surface area contributed by atoms with Crippen molar-refractivity contribution in [2.75, 3.05) is 6.54 Å². The highest BCUT2D eigenvalue weighted by Gasteiger charge is 2.19. The Bertz CT molecular complexity index is 429. The molecule has 18 heavy (non-hydrogen) atoms. The molecule has 0 radical (unpaired) electrons. The molecule has 1 atom stereocenters. The van der Waals surface area contributed by atoms with Crippen molar-refractivity contribution in [2.24, 2.45) is 0 Å². The minimum Gasteiger partial charge on any atom is -0.480 e. The normalized spacial score (nSPS) is 12.6. The fourth-order valence-corrected chi connectivity index (χ4v) is 1.55. The summed E-state index contributed by atoms with van der Waals surface area (Å²) in [5.74, 6) is -0.871. The summed E-state index contributed by atoms with van der Waals surface area (Å²) in [6.45, 7) is 3.98. The topological polar surface area (TPSA) is 96.8 Å². The summed E-state index contributed by atoms with van der Waals surface area (Å²) < 4.78 is 5.02. The lowest BCUT2D eigenvalue weighted by Gasteiger charge is -2.25. The van der Waals surface area contributed by atoms with Crippen molar-refractivity contribution < 1.29 is 19.2 Å². The molecule has 1 aromatic rings. The molecule has 0 aliphatic heterocycles. The first kappa shape index (κ1) is 14.2. The molecule has 1 aromatic heterocycles. The van der Waals surface area contributed by atoms with Crippen molar-refractivity contribution in [3.05, 3.63) is 28.0 Å². The van der Waals surface area contributed by atoms with Crippen LogP contribution < -0.4 is 0 Å². The van der Waals surface area contributed by atoms with Crippen LogP contribution in [0.1, 0.15) is 26.0 Å². The Labute approximate surface area is 104 Å². The number of carbonyl (C=O) groups is 1. The smallest absolute Gasteiger partial charge is 0.433 e. The lowest BCUT2D eigenvalue weighted by atomic mass is 10.2. The molecule has 1 heterocycles. The van der Waals surface area contributed by atoms with E-state index in [0.29, 0.717) is 5.76 Å². The highest BCUT2D eigenvalue weighted by atomic mass is 16.6. The zero-order chi connectivity index (χ0) is 13.7. The molecule has 7 nitrogen and oxygen atoms in total. The summed E-state index contributed by atoms with van der Waals surface area (Å²) in [6, 6.07) is 2.82. The average molecular weight is 256 g/mol. The van der Waals surface area contributed by atoms with Gasteiger partial charge >= 0.3 is 11.9 Å². The fraction of sp³-hybridized carbons (Fsp3) is 0.545. The van der Waals surface area contributed by atoms with Gasteiger partial charge in [-0.3, -0.25) is 19.8 Å². The van der Waals surface area contributed by atoms with Crippen molar-refractivity contribution in [2.45, 2.75) is 32.9 Å². The van der Waals surface area contributed by atoms with E-state index in [4.69, 9.17) is 9.52 Å². The van der Waals surface area contributed by atoms with Crippen molar-refractivity contribution >= 4 is 11.9 Å². The summed E-state index contributed by atoms with van der Waals surface area (Å²) >= 11 is 0. The van der Waals surface area contributed by atoms with Gasteiger partial charge in [0.2, 0.25) is 0 Å². The Balaban J connectivity index is 2.75. The maximum Gasteiger partial charge on any atom is 0.433 e. The molecular weight excluding hydrogens is 240 g/mol. The SMILES string of the molecule is CCC(C)N(CC(=O)O)Cc1ccc([N+](=O)[O-])o1. The van der Waals surface area contributed by atoms with Crippen LogP contribution in [-0.4, -0.2) is 33.5 Å². The van der Waals surface area contributed by atoms with Gasteiger partial charge in [0.25, 0.3) is 0 Å². The average Bonchev–Trinajstić information content (AvgIpc) is 2.75. The molecule has 7 heteroatoms. The third-order valence-electron chi connectivity index (χ3n) is 2.74. The number of carboxylic acids is 1. The maximum atomic E-state index is 10.8. The van der Waals surface area contributed by atoms with Gasteiger partial charge < -0.3 is 9.52 Å². The third-order valence-corrected chi connectivity index (χ3v) is 2.74. The van der Waals surface area contributed by atoms with E-state index in [1.807, 2.05) is 13.8 Å². The molecule has 1 unspecified atom stereocenters. The van der Waals surface area contributed by atoms with E-state index >= 15 is 0 Å². The Kier molecular flexibility index (Phi) is 4.85. The standard InChI is InChI=1S/C11H16N2O5/c1-3-8(2)12(7-11(14)15)6-9-4-5-10(18-9)13(16)17/h4-5,8H,3,6-7H2,1-2H3,(H,14,15). The van der Waals surface area contributed by atoms with Gasteiger partial charge in [0, 0.05) is 6.04 Å². The molecule has 0 aliphatic rings. The predicted octanol–water partition coefficient (Wildman–Crippen LogP) is 1.87. The Morgan fingerprint density at radius 1 is 1.61 bits per heavy atom. The van der Waals surface area contributed by atoms with Crippen LogP contribution in [-0.2, 0) is 11.3 Å². The lowest BCUT2D eigenvalue weighted by Crippen LogP contribution is -2.36. The van der Waals surface area contributed by atoms with Crippen molar-refractivity contribution in [3.8, 4) is 0 Å². The van der Waals surface area contributed by atoms with Gasteiger partial charge in [-0.2, -0.15) is 0 Å². The summed E-state index contributed by atoms with van der Waals surface area (Å²) in [6.07, 6.45) is 0.788. The number of furan rings is 1. The highest BCUT2D eigenvalue weighted by molar-refractivity contribution is 5.69. The second kappa shape index (κ2) is 6.15. The van der Waals surface area contributed by atoms with Crippen LogP contribution in [0.3, 0.4) is 0 Å². The van der Waals surface area contributed by atoms with E-state index in [9.17, 15) is 14.9 Å². The second-order valence-electron chi connectivity index (χ2n) is 4.05. The van der Waals surface area contributed by atoms with Crippen molar-refractivity contribution in [3.63, 3.8) is 0 Å². The van der Waals surface area contributed by atoms with Gasteiger partial charge in [-0.25, -0.2) is 0 Å². The van der Waals surface area contributed by atoms with E-state index in [2.05, 4.69) is 0 Å². The molecular formula is C11H16N2O5. The monoisotopic (exact) mass is 256 g/mol. The summed E-state index contributed by atoms with van der Waals surface area (Å²) in [4.78, 5) is 22.3. The van der Waals surface area contributed by atoms with Crippen molar-refractivity contribution in [1.82, 2.24) is 4.90 Å². The predicted molar refractivity (Wildman–Crippen MR) is 63.2 cm³/mol. The Hall–Kier alpha value is -1.89. The van der Waals surface area contributed by atoms with Gasteiger partial charge in [-0.15, -0.1) is 0 Å². The van der Waals surface area contributed by atoms with Crippen LogP contribution in [0.25, 0.3) is 0 Å². The molecule has 0 spiro atoms. The number of carboxylic acid groups (broad SMARTS) is 1. The highest BCUT2D eigenvalue weighted by Crippen LogP contribution is 2.18. The number of hydrogen-bond acceptors (Lipinski definition) is 5. The van der Waals surface area contributed by atoms with Gasteiger partial charge in [-0.05, 0) is 19.4 Å². The van der Waals surface area contributed by atoms with Crippen LogP contribution in [0, 0.1) is 10.1 Å². The first-order chi connectivity index (χ1) is 8.43. The van der Waals surface area contributed by atoms with E-state index in [-0.39, 0.29) is 25.0 Å². The summed E-state index contributed by atoms with van der Waals surface area (Å²) in [5, 5.41) is 19.3. The Morgan fingerprint density at radius 2 is 2.28 bits per heavy atom. The zero-order valence-corrected chi connectivity index (χ0v) is 10.3. The second-order valence-corrected chi connectivity index (χ2v) is 4.05. The van der Waals surface area contributed by atoms with Crippen LogP contribution >= 0.6 is 0 Å². The third kappa shape index (κ3) is 3.85.